The minimum atomic E-state index is 0.172. The third kappa shape index (κ3) is 6.29. The van der Waals surface area contributed by atoms with Gasteiger partial charge in [0.1, 0.15) is 5.75 Å². The van der Waals surface area contributed by atoms with E-state index in [1.807, 2.05) is 18.2 Å². The fourth-order valence-electron chi connectivity index (χ4n) is 2.75. The molecule has 0 amide bonds. The van der Waals surface area contributed by atoms with Gasteiger partial charge in [-0.3, -0.25) is 4.90 Å². The molecule has 0 bridgehead atoms. The molecule has 2 aromatic rings. The predicted molar refractivity (Wildman–Crippen MR) is 106 cm³/mol. The maximum absolute atomic E-state index is 9.61. The molecule has 0 atom stereocenters. The van der Waals surface area contributed by atoms with Crippen molar-refractivity contribution in [1.82, 2.24) is 4.90 Å². The summed E-state index contributed by atoms with van der Waals surface area (Å²) < 4.78 is 0. The first-order valence-corrected chi connectivity index (χ1v) is 8.98. The molecule has 0 saturated heterocycles. The Hall–Kier alpha value is -2.24. The van der Waals surface area contributed by atoms with Crippen LogP contribution >= 0.6 is 0 Å². The van der Waals surface area contributed by atoms with Crippen LogP contribution in [0.15, 0.2) is 48.5 Å². The lowest BCUT2D eigenvalue weighted by atomic mass is 9.87. The van der Waals surface area contributed by atoms with Crippen molar-refractivity contribution in [3.05, 3.63) is 65.2 Å². The van der Waals surface area contributed by atoms with Gasteiger partial charge in [0, 0.05) is 12.1 Å². The summed E-state index contributed by atoms with van der Waals surface area (Å²) in [5, 5.41) is 9.61. The van der Waals surface area contributed by atoms with Crippen molar-refractivity contribution in [2.75, 3.05) is 13.1 Å². The topological polar surface area (TPSA) is 23.5 Å². The Kier molecular flexibility index (Phi) is 6.67. The van der Waals surface area contributed by atoms with Crippen LogP contribution in [0.1, 0.15) is 50.8 Å². The Morgan fingerprint density at radius 2 is 1.76 bits per heavy atom. The number of benzene rings is 2. The molecule has 0 unspecified atom stereocenters. The summed E-state index contributed by atoms with van der Waals surface area (Å²) in [6.07, 6.45) is 1.08. The summed E-state index contributed by atoms with van der Waals surface area (Å²) in [6, 6.07) is 16.0. The highest BCUT2D eigenvalue weighted by molar-refractivity contribution is 5.38. The van der Waals surface area contributed by atoms with Gasteiger partial charge >= 0.3 is 0 Å². The second kappa shape index (κ2) is 8.74. The van der Waals surface area contributed by atoms with Crippen LogP contribution in [0, 0.1) is 11.8 Å². The number of phenolic OH excluding ortho intramolecular Hbond substituents is 1. The van der Waals surface area contributed by atoms with Gasteiger partial charge in [0.25, 0.3) is 0 Å². The van der Waals surface area contributed by atoms with Gasteiger partial charge in [-0.25, -0.2) is 0 Å². The molecule has 132 valence electrons. The van der Waals surface area contributed by atoms with Crippen LogP contribution < -0.4 is 0 Å². The number of rotatable bonds is 5. The van der Waals surface area contributed by atoms with Crippen molar-refractivity contribution >= 4 is 0 Å². The highest BCUT2D eigenvalue weighted by atomic mass is 16.3. The number of aromatic hydroxyl groups is 1. The first-order valence-electron chi connectivity index (χ1n) is 8.98. The first kappa shape index (κ1) is 19.1. The number of nitrogens with zero attached hydrogens (tertiary/aromatic N) is 1. The number of hydrogen-bond acceptors (Lipinski definition) is 2. The van der Waals surface area contributed by atoms with E-state index >= 15 is 0 Å². The van der Waals surface area contributed by atoms with Gasteiger partial charge in [0.15, 0.2) is 0 Å². The van der Waals surface area contributed by atoms with Crippen LogP contribution in [0.5, 0.6) is 5.75 Å². The zero-order valence-electron chi connectivity index (χ0n) is 15.8. The molecule has 2 rings (SSSR count). The molecule has 0 aliphatic rings. The van der Waals surface area contributed by atoms with Crippen LogP contribution in [-0.4, -0.2) is 23.1 Å². The molecule has 1 N–H and O–H groups in total. The van der Waals surface area contributed by atoms with E-state index in [1.165, 1.54) is 5.56 Å². The molecule has 0 fully saturated rings. The van der Waals surface area contributed by atoms with Crippen LogP contribution in [-0.2, 0) is 12.0 Å². The van der Waals surface area contributed by atoms with Crippen molar-refractivity contribution in [2.24, 2.45) is 0 Å². The zero-order chi connectivity index (χ0) is 18.3. The third-order valence-electron chi connectivity index (χ3n) is 4.14. The van der Waals surface area contributed by atoms with E-state index in [9.17, 15) is 5.11 Å². The predicted octanol–water partition coefficient (Wildman–Crippen LogP) is 4.95. The van der Waals surface area contributed by atoms with Crippen molar-refractivity contribution in [3.63, 3.8) is 0 Å². The lowest BCUT2D eigenvalue weighted by molar-refractivity contribution is 0.299. The average Bonchev–Trinajstić information content (AvgIpc) is 2.55. The lowest BCUT2D eigenvalue weighted by Crippen LogP contribution is -2.24. The van der Waals surface area contributed by atoms with Crippen LogP contribution in [0.3, 0.4) is 0 Å². The van der Waals surface area contributed by atoms with E-state index in [2.05, 4.69) is 68.7 Å². The minimum absolute atomic E-state index is 0.172. The van der Waals surface area contributed by atoms with Crippen LogP contribution in [0.2, 0.25) is 0 Å². The van der Waals surface area contributed by atoms with Gasteiger partial charge in [0.05, 0.1) is 6.54 Å². The Balaban J connectivity index is 2.00. The van der Waals surface area contributed by atoms with Crippen LogP contribution in [0.4, 0.5) is 0 Å². The molecular formula is C23H29NO. The van der Waals surface area contributed by atoms with Crippen molar-refractivity contribution in [2.45, 2.75) is 46.1 Å². The molecule has 2 heteroatoms. The molecule has 2 aromatic carbocycles. The van der Waals surface area contributed by atoms with E-state index in [-0.39, 0.29) is 5.41 Å². The largest absolute Gasteiger partial charge is 0.508 e. The molecule has 0 radical (unpaired) electrons. The Morgan fingerprint density at radius 1 is 1.04 bits per heavy atom. The van der Waals surface area contributed by atoms with Gasteiger partial charge in [-0.15, -0.1) is 0 Å². The summed E-state index contributed by atoms with van der Waals surface area (Å²) in [7, 11) is 0. The van der Waals surface area contributed by atoms with Crippen molar-refractivity contribution in [1.29, 1.82) is 0 Å². The van der Waals surface area contributed by atoms with E-state index in [4.69, 9.17) is 0 Å². The van der Waals surface area contributed by atoms with Gasteiger partial charge in [-0.05, 0) is 53.8 Å². The number of hydrogen-bond donors (Lipinski definition) is 1. The SMILES string of the molecule is CCCN(CC#Cc1ccc(C(C)(C)C)cc1)Cc1cccc(O)c1. The van der Waals surface area contributed by atoms with E-state index in [1.54, 1.807) is 6.07 Å². The van der Waals surface area contributed by atoms with E-state index in [0.29, 0.717) is 5.75 Å². The lowest BCUT2D eigenvalue weighted by Gasteiger charge is -2.19. The molecule has 25 heavy (non-hydrogen) atoms. The maximum Gasteiger partial charge on any atom is 0.115 e. The highest BCUT2D eigenvalue weighted by Crippen LogP contribution is 2.21. The van der Waals surface area contributed by atoms with E-state index < -0.39 is 0 Å². The maximum atomic E-state index is 9.61. The summed E-state index contributed by atoms with van der Waals surface area (Å²) in [5.41, 5.74) is 3.67. The number of phenols is 1. The summed E-state index contributed by atoms with van der Waals surface area (Å²) in [4.78, 5) is 2.31. The van der Waals surface area contributed by atoms with Gasteiger partial charge in [-0.1, -0.05) is 63.8 Å². The summed E-state index contributed by atoms with van der Waals surface area (Å²) in [5.74, 6) is 6.88. The molecule has 0 heterocycles. The second-order valence-electron chi connectivity index (χ2n) is 7.51. The Bertz CT molecular complexity index is 729. The van der Waals surface area contributed by atoms with E-state index in [0.717, 1.165) is 37.2 Å². The normalized spacial score (nSPS) is 11.2. The molecule has 0 aliphatic carbocycles. The fraction of sp³-hybridized carbons (Fsp3) is 0.391. The highest BCUT2D eigenvalue weighted by Gasteiger charge is 2.12. The average molecular weight is 335 g/mol. The Labute approximate surface area is 152 Å². The molecule has 0 saturated carbocycles. The van der Waals surface area contributed by atoms with Gasteiger partial charge in [-0.2, -0.15) is 0 Å². The monoisotopic (exact) mass is 335 g/mol. The smallest absolute Gasteiger partial charge is 0.115 e. The molecule has 2 nitrogen and oxygen atoms in total. The quantitative estimate of drug-likeness (QED) is 0.781. The van der Waals surface area contributed by atoms with Crippen LogP contribution in [0.25, 0.3) is 0 Å². The molecule has 0 aliphatic heterocycles. The van der Waals surface area contributed by atoms with Gasteiger partial charge < -0.3 is 5.11 Å². The first-order chi connectivity index (χ1) is 11.9. The standard InChI is InChI=1S/C23H29NO/c1-5-15-24(18-20-8-6-10-22(25)17-20)16-7-9-19-11-13-21(14-12-19)23(2,3)4/h6,8,10-14,17,25H,5,15-16,18H2,1-4H3. The summed E-state index contributed by atoms with van der Waals surface area (Å²) >= 11 is 0. The van der Waals surface area contributed by atoms with Crippen molar-refractivity contribution in [3.8, 4) is 17.6 Å². The molecular weight excluding hydrogens is 306 g/mol. The second-order valence-corrected chi connectivity index (χ2v) is 7.51. The Morgan fingerprint density at radius 3 is 2.36 bits per heavy atom. The third-order valence-corrected chi connectivity index (χ3v) is 4.14. The summed E-state index contributed by atoms with van der Waals surface area (Å²) in [6.45, 7) is 11.4. The molecule has 0 aromatic heterocycles. The minimum Gasteiger partial charge on any atom is -0.508 e. The fourth-order valence-corrected chi connectivity index (χ4v) is 2.75. The van der Waals surface area contributed by atoms with Crippen molar-refractivity contribution < 1.29 is 5.11 Å². The molecule has 0 spiro atoms. The zero-order valence-corrected chi connectivity index (χ0v) is 15.8. The van der Waals surface area contributed by atoms with Gasteiger partial charge in [0.2, 0.25) is 0 Å².